The van der Waals surface area contributed by atoms with Crippen molar-refractivity contribution in [2.45, 2.75) is 38.3 Å². The summed E-state index contributed by atoms with van der Waals surface area (Å²) in [6, 6.07) is 2.88. The summed E-state index contributed by atoms with van der Waals surface area (Å²) < 4.78 is 13.8. The van der Waals surface area contributed by atoms with Crippen molar-refractivity contribution in [1.82, 2.24) is 10.2 Å². The largest absolute Gasteiger partial charge is 0.348 e. The fourth-order valence-corrected chi connectivity index (χ4v) is 2.93. The minimum Gasteiger partial charge on any atom is -0.348 e. The first-order chi connectivity index (χ1) is 10.5. The highest BCUT2D eigenvalue weighted by Crippen LogP contribution is 2.30. The van der Waals surface area contributed by atoms with Crippen LogP contribution in [0.15, 0.2) is 12.1 Å². The number of hydrogen-bond acceptors (Lipinski definition) is 4. The zero-order valence-electron chi connectivity index (χ0n) is 12.3. The number of carbonyl (C=O) groups excluding carboxylic acids is 1. The number of amides is 1. The van der Waals surface area contributed by atoms with E-state index in [1.54, 1.807) is 0 Å². The van der Waals surface area contributed by atoms with Gasteiger partial charge >= 0.3 is 0 Å². The molecule has 2 fully saturated rings. The van der Waals surface area contributed by atoms with E-state index in [1.165, 1.54) is 19.8 Å². The van der Waals surface area contributed by atoms with Gasteiger partial charge in [0.05, 0.1) is 10.5 Å². The topological polar surface area (TPSA) is 75.5 Å². The van der Waals surface area contributed by atoms with Crippen molar-refractivity contribution < 1.29 is 14.1 Å². The Bertz CT molecular complexity index is 631. The molecule has 0 spiro atoms. The summed E-state index contributed by atoms with van der Waals surface area (Å²) >= 11 is 0. The summed E-state index contributed by atoms with van der Waals surface area (Å²) in [7, 11) is 0. The second-order valence-corrected chi connectivity index (χ2v) is 6.04. The molecule has 118 valence electrons. The maximum Gasteiger partial charge on any atom is 0.276 e. The lowest BCUT2D eigenvalue weighted by Crippen LogP contribution is -2.37. The van der Waals surface area contributed by atoms with Gasteiger partial charge in [0.2, 0.25) is 0 Å². The van der Waals surface area contributed by atoms with Gasteiger partial charge in [0, 0.05) is 36.8 Å². The van der Waals surface area contributed by atoms with Crippen LogP contribution in [0.3, 0.4) is 0 Å². The highest BCUT2D eigenvalue weighted by Gasteiger charge is 2.35. The Kier molecular flexibility index (Phi) is 3.82. The normalized spacial score (nSPS) is 21.8. The van der Waals surface area contributed by atoms with Crippen molar-refractivity contribution in [3.05, 3.63) is 39.2 Å². The van der Waals surface area contributed by atoms with Crippen LogP contribution < -0.4 is 5.32 Å². The van der Waals surface area contributed by atoms with Crippen molar-refractivity contribution in [1.29, 1.82) is 0 Å². The number of nitrogens with one attached hydrogen (secondary N) is 1. The Labute approximate surface area is 127 Å². The van der Waals surface area contributed by atoms with E-state index in [0.29, 0.717) is 6.04 Å². The van der Waals surface area contributed by atoms with E-state index < -0.39 is 16.6 Å². The lowest BCUT2D eigenvalue weighted by Gasteiger charge is -2.16. The molecule has 1 N–H and O–H groups in total. The maximum absolute atomic E-state index is 13.8. The predicted octanol–water partition coefficient (Wildman–Crippen LogP) is 2.01. The average Bonchev–Trinajstić information content (AvgIpc) is 3.22. The first-order valence-corrected chi connectivity index (χ1v) is 7.45. The molecule has 1 amide bonds. The van der Waals surface area contributed by atoms with E-state index in [9.17, 15) is 19.3 Å². The van der Waals surface area contributed by atoms with Gasteiger partial charge in [0.1, 0.15) is 5.82 Å². The monoisotopic (exact) mass is 307 g/mol. The van der Waals surface area contributed by atoms with Crippen molar-refractivity contribution >= 4 is 11.6 Å². The van der Waals surface area contributed by atoms with Crippen LogP contribution in [-0.4, -0.2) is 40.9 Å². The molecule has 0 aromatic heterocycles. The van der Waals surface area contributed by atoms with Gasteiger partial charge in [-0.1, -0.05) is 0 Å². The molecule has 1 aliphatic heterocycles. The molecular formula is C15H18FN3O3. The maximum atomic E-state index is 13.8. The van der Waals surface area contributed by atoms with Gasteiger partial charge < -0.3 is 5.32 Å². The number of rotatable bonds is 4. The molecule has 1 atom stereocenters. The van der Waals surface area contributed by atoms with Gasteiger partial charge in [0.15, 0.2) is 0 Å². The lowest BCUT2D eigenvalue weighted by atomic mass is 10.1. The van der Waals surface area contributed by atoms with Crippen molar-refractivity contribution in [3.63, 3.8) is 0 Å². The van der Waals surface area contributed by atoms with E-state index in [2.05, 4.69) is 10.2 Å². The molecule has 0 unspecified atom stereocenters. The number of likely N-dealkylation sites (tertiary alicyclic amines) is 1. The third kappa shape index (κ3) is 2.94. The number of nitrogens with zero attached hydrogens (tertiary/aromatic N) is 2. The summed E-state index contributed by atoms with van der Waals surface area (Å²) in [5, 5.41) is 13.8. The minimum atomic E-state index is -0.731. The molecule has 1 aliphatic carbocycles. The molecule has 0 radical (unpaired) electrons. The van der Waals surface area contributed by atoms with Gasteiger partial charge in [-0.3, -0.25) is 19.8 Å². The number of carbonyl (C=O) groups is 1. The Morgan fingerprint density at radius 3 is 2.77 bits per heavy atom. The van der Waals surface area contributed by atoms with Gasteiger partial charge in [-0.05, 0) is 32.3 Å². The number of benzene rings is 1. The Balaban J connectivity index is 1.71. The van der Waals surface area contributed by atoms with Crippen molar-refractivity contribution in [3.8, 4) is 0 Å². The van der Waals surface area contributed by atoms with E-state index in [4.69, 9.17) is 0 Å². The third-order valence-corrected chi connectivity index (χ3v) is 4.39. The van der Waals surface area contributed by atoms with Crippen LogP contribution in [-0.2, 0) is 0 Å². The zero-order valence-corrected chi connectivity index (χ0v) is 12.3. The first-order valence-electron chi connectivity index (χ1n) is 7.45. The number of hydrogen-bond donors (Lipinski definition) is 1. The van der Waals surface area contributed by atoms with Crippen LogP contribution in [0.2, 0.25) is 0 Å². The van der Waals surface area contributed by atoms with E-state index in [1.807, 2.05) is 0 Å². The number of nitro groups is 1. The van der Waals surface area contributed by atoms with Gasteiger partial charge in [-0.25, -0.2) is 4.39 Å². The summed E-state index contributed by atoms with van der Waals surface area (Å²) in [4.78, 5) is 24.8. The molecule has 6 nitrogen and oxygen atoms in total. The smallest absolute Gasteiger partial charge is 0.276 e. The fourth-order valence-electron chi connectivity index (χ4n) is 2.93. The molecule has 1 heterocycles. The molecular weight excluding hydrogens is 289 g/mol. The number of halogens is 1. The van der Waals surface area contributed by atoms with Crippen molar-refractivity contribution in [2.75, 3.05) is 13.1 Å². The third-order valence-electron chi connectivity index (χ3n) is 4.39. The van der Waals surface area contributed by atoms with Crippen molar-refractivity contribution in [2.24, 2.45) is 0 Å². The number of nitro benzene ring substituents is 1. The van der Waals surface area contributed by atoms with E-state index in [-0.39, 0.29) is 22.9 Å². The first kappa shape index (κ1) is 14.9. The highest BCUT2D eigenvalue weighted by molar-refractivity contribution is 5.95. The van der Waals surface area contributed by atoms with E-state index >= 15 is 0 Å². The SMILES string of the molecule is Cc1c(F)cc(C(=O)N[C@@H]2CCN(C3CC3)C2)cc1[N+](=O)[O-]. The second kappa shape index (κ2) is 5.64. The molecule has 1 saturated carbocycles. The Hall–Kier alpha value is -2.02. The second-order valence-electron chi connectivity index (χ2n) is 6.04. The standard InChI is InChI=1S/C15H18FN3O3/c1-9-13(16)6-10(7-14(9)19(21)22)15(20)17-11-4-5-18(8-11)12-2-3-12/h6-7,11-12H,2-5,8H2,1H3,(H,17,20)/t11-/m1/s1. The summed E-state index contributed by atoms with van der Waals surface area (Å²) in [5.41, 5.74) is -0.418. The fraction of sp³-hybridized carbons (Fsp3) is 0.533. The molecule has 1 saturated heterocycles. The molecule has 1 aromatic carbocycles. The molecule has 1 aromatic rings. The van der Waals surface area contributed by atoms with Crippen LogP contribution in [0.5, 0.6) is 0 Å². The van der Waals surface area contributed by atoms with Gasteiger partial charge in [0.25, 0.3) is 11.6 Å². The highest BCUT2D eigenvalue weighted by atomic mass is 19.1. The lowest BCUT2D eigenvalue weighted by molar-refractivity contribution is -0.385. The van der Waals surface area contributed by atoms with Gasteiger partial charge in [-0.2, -0.15) is 0 Å². The van der Waals surface area contributed by atoms with Crippen LogP contribution in [0.1, 0.15) is 35.2 Å². The minimum absolute atomic E-state index is 0.000304. The molecule has 0 bridgehead atoms. The molecule has 22 heavy (non-hydrogen) atoms. The van der Waals surface area contributed by atoms with Crippen LogP contribution in [0, 0.1) is 22.9 Å². The Morgan fingerprint density at radius 2 is 2.14 bits per heavy atom. The summed E-state index contributed by atoms with van der Waals surface area (Å²) in [6.45, 7) is 3.09. The van der Waals surface area contributed by atoms with E-state index in [0.717, 1.165) is 31.6 Å². The predicted molar refractivity (Wildman–Crippen MR) is 78.3 cm³/mol. The quantitative estimate of drug-likeness (QED) is 0.682. The average molecular weight is 307 g/mol. The molecule has 3 rings (SSSR count). The van der Waals surface area contributed by atoms with Crippen LogP contribution in [0.25, 0.3) is 0 Å². The summed E-state index contributed by atoms with van der Waals surface area (Å²) in [5.74, 6) is -1.19. The van der Waals surface area contributed by atoms with Crippen LogP contribution >= 0.6 is 0 Å². The van der Waals surface area contributed by atoms with Crippen LogP contribution in [0.4, 0.5) is 10.1 Å². The molecule has 7 heteroatoms. The summed E-state index contributed by atoms with van der Waals surface area (Å²) in [6.07, 6.45) is 3.30. The molecule has 2 aliphatic rings. The van der Waals surface area contributed by atoms with Gasteiger partial charge in [-0.15, -0.1) is 0 Å². The Morgan fingerprint density at radius 1 is 1.41 bits per heavy atom. The zero-order chi connectivity index (χ0) is 15.9.